The molecule has 0 N–H and O–H groups in total. The molecule has 0 radical (unpaired) electrons. The summed E-state index contributed by atoms with van der Waals surface area (Å²) in [5.74, 6) is 1.80. The lowest BCUT2D eigenvalue weighted by Gasteiger charge is -2.11. The summed E-state index contributed by atoms with van der Waals surface area (Å²) in [5, 5.41) is 9.94. The Morgan fingerprint density at radius 2 is 1.96 bits per heavy atom. The summed E-state index contributed by atoms with van der Waals surface area (Å²) in [6.07, 6.45) is 0.853. The highest BCUT2D eigenvalue weighted by Gasteiger charge is 2.16. The molecule has 0 saturated heterocycles. The van der Waals surface area contributed by atoms with Crippen molar-refractivity contribution in [3.05, 3.63) is 52.8 Å². The molecule has 0 aliphatic carbocycles. The number of rotatable bonds is 8. The maximum atomic E-state index is 12.3. The Morgan fingerprint density at radius 3 is 2.54 bits per heavy atom. The fourth-order valence-electron chi connectivity index (χ4n) is 2.22. The fraction of sp³-hybridized carbons (Fsp3) is 0.389. The Hall–Kier alpha value is -1.59. The van der Waals surface area contributed by atoms with Gasteiger partial charge in [-0.15, -0.1) is 10.2 Å². The predicted octanol–water partition coefficient (Wildman–Crippen LogP) is 4.68. The second-order valence-corrected chi connectivity index (χ2v) is 7.64. The van der Waals surface area contributed by atoms with Crippen molar-refractivity contribution in [3.8, 4) is 0 Å². The lowest BCUT2D eigenvalue weighted by molar-refractivity contribution is 0.102. The number of Topliss-reactive ketones (excluding diaryl/α,β-unsaturated/α-hetero) is 1. The van der Waals surface area contributed by atoms with Crippen molar-refractivity contribution in [2.75, 3.05) is 5.75 Å². The number of aromatic nitrogens is 3. The van der Waals surface area contributed by atoms with Crippen molar-refractivity contribution in [2.45, 2.75) is 38.9 Å². The number of ketones is 1. The molecule has 6 heteroatoms. The van der Waals surface area contributed by atoms with Crippen LogP contribution in [-0.2, 0) is 13.0 Å². The molecular weight excluding hydrogens is 342 g/mol. The maximum absolute atomic E-state index is 12.3. The van der Waals surface area contributed by atoms with Crippen LogP contribution < -0.4 is 0 Å². The van der Waals surface area contributed by atoms with Crippen molar-refractivity contribution < 1.29 is 4.79 Å². The van der Waals surface area contributed by atoms with E-state index in [2.05, 4.69) is 35.2 Å². The molecule has 0 aliphatic rings. The molecule has 1 heterocycles. The number of halogens is 1. The summed E-state index contributed by atoms with van der Waals surface area (Å²) in [5.41, 5.74) is 1.69. The average Bonchev–Trinajstić information content (AvgIpc) is 2.86. The van der Waals surface area contributed by atoms with E-state index in [0.717, 1.165) is 23.0 Å². The number of carbonyl (C=O) groups is 1. The molecule has 1 aromatic heterocycles. The third-order valence-electron chi connectivity index (χ3n) is 3.31. The number of nitrogens with zero attached hydrogens (tertiary/aromatic N) is 3. The highest BCUT2D eigenvalue weighted by molar-refractivity contribution is 7.99. The summed E-state index contributed by atoms with van der Waals surface area (Å²) in [4.78, 5) is 12.3. The van der Waals surface area contributed by atoms with Crippen LogP contribution in [-0.4, -0.2) is 26.3 Å². The van der Waals surface area contributed by atoms with Crippen LogP contribution >= 0.6 is 23.4 Å². The summed E-state index contributed by atoms with van der Waals surface area (Å²) in [6, 6.07) is 6.94. The molecular formula is C18H22ClN3OS. The molecule has 0 amide bonds. The van der Waals surface area contributed by atoms with E-state index in [1.807, 2.05) is 6.92 Å². The van der Waals surface area contributed by atoms with Crippen LogP contribution in [0, 0.1) is 5.92 Å². The van der Waals surface area contributed by atoms with Crippen molar-refractivity contribution >= 4 is 29.1 Å². The summed E-state index contributed by atoms with van der Waals surface area (Å²) in [7, 11) is 0. The quantitative estimate of drug-likeness (QED) is 0.388. The largest absolute Gasteiger partial charge is 0.302 e. The van der Waals surface area contributed by atoms with E-state index in [1.165, 1.54) is 11.8 Å². The standard InChI is InChI=1S/C18H22ClN3OS/c1-12(2)9-17-20-21-18(22(17)10-13(3)4)24-11-16(23)14-5-7-15(19)8-6-14/h5-8,12H,3,9-11H2,1-2,4H3. The van der Waals surface area contributed by atoms with E-state index in [0.29, 0.717) is 28.8 Å². The molecule has 0 aliphatic heterocycles. The number of carbonyl (C=O) groups excluding carboxylic acids is 1. The van der Waals surface area contributed by atoms with E-state index < -0.39 is 0 Å². The first-order chi connectivity index (χ1) is 11.4. The SMILES string of the molecule is C=C(C)Cn1c(CC(C)C)nnc1SCC(=O)c1ccc(Cl)cc1. The van der Waals surface area contributed by atoms with Crippen LogP contribution in [0.2, 0.25) is 5.02 Å². The van der Waals surface area contributed by atoms with Gasteiger partial charge in [-0.2, -0.15) is 0 Å². The van der Waals surface area contributed by atoms with Crippen molar-refractivity contribution in [2.24, 2.45) is 5.92 Å². The Morgan fingerprint density at radius 1 is 1.29 bits per heavy atom. The molecule has 128 valence electrons. The van der Waals surface area contributed by atoms with Gasteiger partial charge in [0.05, 0.1) is 5.75 Å². The van der Waals surface area contributed by atoms with E-state index in [9.17, 15) is 4.79 Å². The van der Waals surface area contributed by atoms with E-state index in [-0.39, 0.29) is 5.78 Å². The molecule has 2 rings (SSSR count). The predicted molar refractivity (Wildman–Crippen MR) is 99.9 cm³/mol. The van der Waals surface area contributed by atoms with Crippen LogP contribution in [0.25, 0.3) is 0 Å². The topological polar surface area (TPSA) is 47.8 Å². The Kier molecular flexibility index (Phi) is 6.63. The molecule has 0 fully saturated rings. The van der Waals surface area contributed by atoms with E-state index in [1.54, 1.807) is 24.3 Å². The highest BCUT2D eigenvalue weighted by Crippen LogP contribution is 2.21. The minimum atomic E-state index is 0.0481. The third kappa shape index (κ3) is 5.21. The maximum Gasteiger partial charge on any atom is 0.191 e. The zero-order chi connectivity index (χ0) is 17.7. The Balaban J connectivity index is 2.10. The third-order valence-corrected chi connectivity index (χ3v) is 4.53. The number of allylic oxidation sites excluding steroid dienone is 1. The number of hydrogen-bond donors (Lipinski definition) is 0. The highest BCUT2D eigenvalue weighted by atomic mass is 35.5. The minimum absolute atomic E-state index is 0.0481. The van der Waals surface area contributed by atoms with Gasteiger partial charge in [-0.05, 0) is 37.1 Å². The van der Waals surface area contributed by atoms with Gasteiger partial charge in [-0.25, -0.2) is 0 Å². The van der Waals surface area contributed by atoms with Crippen LogP contribution in [0.3, 0.4) is 0 Å². The van der Waals surface area contributed by atoms with Crippen LogP contribution in [0.15, 0.2) is 41.6 Å². The van der Waals surface area contributed by atoms with Gasteiger partial charge >= 0.3 is 0 Å². The first-order valence-corrected chi connectivity index (χ1v) is 9.21. The van der Waals surface area contributed by atoms with Crippen LogP contribution in [0.1, 0.15) is 37.0 Å². The zero-order valence-electron chi connectivity index (χ0n) is 14.3. The Labute approximate surface area is 152 Å². The number of benzene rings is 1. The average molecular weight is 364 g/mol. The van der Waals surface area contributed by atoms with Gasteiger partial charge in [-0.1, -0.05) is 49.4 Å². The van der Waals surface area contributed by atoms with Gasteiger partial charge in [0.1, 0.15) is 5.82 Å². The first kappa shape index (κ1) is 18.7. The fourth-order valence-corrected chi connectivity index (χ4v) is 3.20. The molecule has 4 nitrogen and oxygen atoms in total. The zero-order valence-corrected chi connectivity index (χ0v) is 15.8. The van der Waals surface area contributed by atoms with Gasteiger partial charge in [0.25, 0.3) is 0 Å². The summed E-state index contributed by atoms with van der Waals surface area (Å²) in [6.45, 7) is 10.9. The monoisotopic (exact) mass is 363 g/mol. The van der Waals surface area contributed by atoms with Crippen molar-refractivity contribution in [1.82, 2.24) is 14.8 Å². The van der Waals surface area contributed by atoms with Gasteiger partial charge < -0.3 is 4.57 Å². The molecule has 0 unspecified atom stereocenters. The molecule has 24 heavy (non-hydrogen) atoms. The van der Waals surface area contributed by atoms with Crippen molar-refractivity contribution in [3.63, 3.8) is 0 Å². The molecule has 0 spiro atoms. The second kappa shape index (κ2) is 8.49. The molecule has 1 aromatic carbocycles. The smallest absolute Gasteiger partial charge is 0.191 e. The van der Waals surface area contributed by atoms with Crippen LogP contribution in [0.5, 0.6) is 0 Å². The second-order valence-electron chi connectivity index (χ2n) is 6.26. The number of thioether (sulfide) groups is 1. The van der Waals surface area contributed by atoms with Gasteiger partial charge in [0.15, 0.2) is 10.9 Å². The van der Waals surface area contributed by atoms with Gasteiger partial charge in [0.2, 0.25) is 0 Å². The molecule has 2 aromatic rings. The minimum Gasteiger partial charge on any atom is -0.302 e. The number of hydrogen-bond acceptors (Lipinski definition) is 4. The summed E-state index contributed by atoms with van der Waals surface area (Å²) < 4.78 is 2.06. The van der Waals surface area contributed by atoms with E-state index in [4.69, 9.17) is 11.6 Å². The van der Waals surface area contributed by atoms with Crippen LogP contribution in [0.4, 0.5) is 0 Å². The lowest BCUT2D eigenvalue weighted by atomic mass is 10.1. The van der Waals surface area contributed by atoms with Crippen molar-refractivity contribution in [1.29, 1.82) is 0 Å². The molecule has 0 bridgehead atoms. The normalized spacial score (nSPS) is 11.0. The van der Waals surface area contributed by atoms with E-state index >= 15 is 0 Å². The summed E-state index contributed by atoms with van der Waals surface area (Å²) >= 11 is 7.27. The molecule has 0 atom stereocenters. The van der Waals surface area contributed by atoms with Gasteiger partial charge in [0, 0.05) is 23.6 Å². The van der Waals surface area contributed by atoms with Gasteiger partial charge in [-0.3, -0.25) is 4.79 Å². The molecule has 0 saturated carbocycles. The Bertz CT molecular complexity index is 722. The first-order valence-electron chi connectivity index (χ1n) is 7.85. The lowest BCUT2D eigenvalue weighted by Crippen LogP contribution is -2.10.